The van der Waals surface area contributed by atoms with E-state index in [0.29, 0.717) is 31.8 Å². The van der Waals surface area contributed by atoms with Crippen molar-refractivity contribution in [2.45, 2.75) is 19.9 Å². The number of ether oxygens (including phenoxy) is 1. The second-order valence-electron chi connectivity index (χ2n) is 4.34. The summed E-state index contributed by atoms with van der Waals surface area (Å²) in [6.07, 6.45) is 0.686. The van der Waals surface area contributed by atoms with E-state index < -0.39 is 5.97 Å². The summed E-state index contributed by atoms with van der Waals surface area (Å²) >= 11 is 0. The van der Waals surface area contributed by atoms with Crippen LogP contribution in [0.1, 0.15) is 28.7 Å². The predicted octanol–water partition coefficient (Wildman–Crippen LogP) is 0.294. The lowest BCUT2D eigenvalue weighted by molar-refractivity contribution is 0.0516. The Balaban J connectivity index is 2.31. The van der Waals surface area contributed by atoms with Gasteiger partial charge in [0.1, 0.15) is 0 Å². The average molecular weight is 266 g/mol. The number of nitrogens with one attached hydrogen (secondary N) is 1. The molecule has 0 unspecified atom stereocenters. The van der Waals surface area contributed by atoms with Gasteiger partial charge in [-0.1, -0.05) is 0 Å². The molecule has 0 spiro atoms. The normalized spacial score (nSPS) is 13.9. The quantitative estimate of drug-likeness (QED) is 0.781. The zero-order chi connectivity index (χ0) is 14.0. The van der Waals surface area contributed by atoms with Crippen molar-refractivity contribution < 1.29 is 14.3 Å². The average Bonchev–Trinajstić information content (AvgIpc) is 2.75. The lowest BCUT2D eigenvalue weighted by Crippen LogP contribution is -2.41. The lowest BCUT2D eigenvalue weighted by Gasteiger charge is -2.27. The summed E-state index contributed by atoms with van der Waals surface area (Å²) in [5, 5.41) is 6.80. The van der Waals surface area contributed by atoms with Crippen LogP contribution in [0.2, 0.25) is 0 Å². The van der Waals surface area contributed by atoms with Crippen LogP contribution in [-0.2, 0) is 24.8 Å². The fraction of sp³-hybridized carbons (Fsp3) is 0.583. The Labute approximate surface area is 111 Å². The van der Waals surface area contributed by atoms with E-state index in [1.807, 2.05) is 0 Å². The Morgan fingerprint density at radius 1 is 1.47 bits per heavy atom. The molecule has 1 aliphatic rings. The minimum atomic E-state index is -0.432. The molecule has 19 heavy (non-hydrogen) atoms. The van der Waals surface area contributed by atoms with Crippen molar-refractivity contribution in [3.63, 3.8) is 0 Å². The minimum Gasteiger partial charge on any atom is -0.461 e. The Hall–Kier alpha value is -2.05. The van der Waals surface area contributed by atoms with E-state index in [0.717, 1.165) is 11.3 Å². The number of esters is 1. The van der Waals surface area contributed by atoms with Crippen LogP contribution in [0.25, 0.3) is 0 Å². The zero-order valence-electron chi connectivity index (χ0n) is 11.4. The van der Waals surface area contributed by atoms with Crippen LogP contribution < -0.4 is 5.32 Å². The van der Waals surface area contributed by atoms with Gasteiger partial charge in [0.05, 0.1) is 13.2 Å². The maximum Gasteiger partial charge on any atom is 0.359 e. The second kappa shape index (κ2) is 5.29. The number of fused-ring (bicyclic) bond motifs is 1. The molecule has 0 saturated carbocycles. The molecule has 7 nitrogen and oxygen atoms in total. The standard InChI is InChI=1S/C12H18N4O3/c1-4-19-11(17)10-8-7-16(12(18)13-2)6-5-9(8)15(3)14-10/h4-7H2,1-3H3,(H,13,18). The van der Waals surface area contributed by atoms with Gasteiger partial charge in [-0.25, -0.2) is 9.59 Å². The van der Waals surface area contributed by atoms with Gasteiger partial charge in [-0.3, -0.25) is 4.68 Å². The van der Waals surface area contributed by atoms with Gasteiger partial charge in [0, 0.05) is 38.3 Å². The zero-order valence-corrected chi connectivity index (χ0v) is 11.4. The van der Waals surface area contributed by atoms with Crippen LogP contribution in [0.3, 0.4) is 0 Å². The summed E-state index contributed by atoms with van der Waals surface area (Å²) < 4.78 is 6.69. The van der Waals surface area contributed by atoms with Crippen LogP contribution >= 0.6 is 0 Å². The van der Waals surface area contributed by atoms with Crippen molar-refractivity contribution in [2.75, 3.05) is 20.2 Å². The summed E-state index contributed by atoms with van der Waals surface area (Å²) in [5.74, 6) is -0.432. The lowest BCUT2D eigenvalue weighted by atomic mass is 10.1. The van der Waals surface area contributed by atoms with Gasteiger partial charge < -0.3 is 15.0 Å². The van der Waals surface area contributed by atoms with E-state index in [1.54, 1.807) is 30.6 Å². The van der Waals surface area contributed by atoms with Crippen molar-refractivity contribution in [3.8, 4) is 0 Å². The highest BCUT2D eigenvalue weighted by Crippen LogP contribution is 2.22. The third kappa shape index (κ3) is 2.40. The number of carbonyl (C=O) groups excluding carboxylic acids is 2. The Morgan fingerprint density at radius 2 is 2.21 bits per heavy atom. The molecule has 2 amide bonds. The summed E-state index contributed by atoms with van der Waals surface area (Å²) in [6, 6.07) is -0.149. The first-order valence-electron chi connectivity index (χ1n) is 6.27. The number of hydrogen-bond acceptors (Lipinski definition) is 4. The Morgan fingerprint density at radius 3 is 2.84 bits per heavy atom. The van der Waals surface area contributed by atoms with E-state index in [9.17, 15) is 9.59 Å². The number of aromatic nitrogens is 2. The number of hydrogen-bond donors (Lipinski definition) is 1. The van der Waals surface area contributed by atoms with Gasteiger partial charge in [0.25, 0.3) is 0 Å². The minimum absolute atomic E-state index is 0.149. The van der Waals surface area contributed by atoms with Crippen molar-refractivity contribution in [2.24, 2.45) is 7.05 Å². The van der Waals surface area contributed by atoms with E-state index in [1.165, 1.54) is 0 Å². The molecular weight excluding hydrogens is 248 g/mol. The van der Waals surface area contributed by atoms with Crippen molar-refractivity contribution in [1.29, 1.82) is 0 Å². The number of aryl methyl sites for hydroxylation is 1. The van der Waals surface area contributed by atoms with Crippen LogP contribution in [0, 0.1) is 0 Å². The monoisotopic (exact) mass is 266 g/mol. The van der Waals surface area contributed by atoms with E-state index in [2.05, 4.69) is 10.4 Å². The number of nitrogens with zero attached hydrogens (tertiary/aromatic N) is 3. The maximum atomic E-state index is 11.9. The number of amides is 2. The third-order valence-electron chi connectivity index (χ3n) is 3.21. The van der Waals surface area contributed by atoms with Crippen LogP contribution in [0.15, 0.2) is 0 Å². The molecule has 0 radical (unpaired) electrons. The third-order valence-corrected chi connectivity index (χ3v) is 3.21. The van der Waals surface area contributed by atoms with Crippen molar-refractivity contribution in [3.05, 3.63) is 17.0 Å². The first-order chi connectivity index (χ1) is 9.08. The molecule has 0 aliphatic carbocycles. The number of carbonyl (C=O) groups is 2. The molecule has 7 heteroatoms. The fourth-order valence-electron chi connectivity index (χ4n) is 2.29. The number of urea groups is 1. The topological polar surface area (TPSA) is 76.5 Å². The molecule has 104 valence electrons. The fourth-order valence-corrected chi connectivity index (χ4v) is 2.29. The first kappa shape index (κ1) is 13.4. The molecular formula is C12H18N4O3. The second-order valence-corrected chi connectivity index (χ2v) is 4.34. The molecule has 0 bridgehead atoms. The SMILES string of the molecule is CCOC(=O)c1nn(C)c2c1CN(C(=O)NC)CC2. The molecule has 0 aromatic carbocycles. The molecule has 0 saturated heterocycles. The molecule has 1 aliphatic heterocycles. The molecule has 0 atom stereocenters. The van der Waals surface area contributed by atoms with Gasteiger partial charge in [-0.05, 0) is 6.92 Å². The maximum absolute atomic E-state index is 11.9. The van der Waals surface area contributed by atoms with Crippen LogP contribution in [-0.4, -0.2) is 46.9 Å². The molecule has 1 aromatic rings. The summed E-state index contributed by atoms with van der Waals surface area (Å²) in [5.41, 5.74) is 2.09. The van der Waals surface area contributed by atoms with Gasteiger partial charge >= 0.3 is 12.0 Å². The van der Waals surface area contributed by atoms with Gasteiger partial charge in [-0.15, -0.1) is 0 Å². The number of rotatable bonds is 2. The van der Waals surface area contributed by atoms with Crippen LogP contribution in [0.4, 0.5) is 4.79 Å². The van der Waals surface area contributed by atoms with Gasteiger partial charge in [-0.2, -0.15) is 5.10 Å². The molecule has 0 fully saturated rings. The highest BCUT2D eigenvalue weighted by atomic mass is 16.5. The van der Waals surface area contributed by atoms with Crippen molar-refractivity contribution in [1.82, 2.24) is 20.0 Å². The molecule has 2 heterocycles. The predicted molar refractivity (Wildman–Crippen MR) is 67.7 cm³/mol. The highest BCUT2D eigenvalue weighted by molar-refractivity contribution is 5.89. The Kier molecular flexibility index (Phi) is 3.73. The van der Waals surface area contributed by atoms with Gasteiger partial charge in [0.15, 0.2) is 5.69 Å². The molecule has 2 rings (SSSR count). The smallest absolute Gasteiger partial charge is 0.359 e. The van der Waals surface area contributed by atoms with E-state index in [4.69, 9.17) is 4.74 Å². The van der Waals surface area contributed by atoms with E-state index in [-0.39, 0.29) is 6.03 Å². The van der Waals surface area contributed by atoms with Crippen molar-refractivity contribution >= 4 is 12.0 Å². The largest absolute Gasteiger partial charge is 0.461 e. The van der Waals surface area contributed by atoms with Crippen LogP contribution in [0.5, 0.6) is 0 Å². The molecule has 1 N–H and O–H groups in total. The summed E-state index contributed by atoms with van der Waals surface area (Å²) in [4.78, 5) is 25.2. The molecule has 1 aromatic heterocycles. The summed E-state index contributed by atoms with van der Waals surface area (Å²) in [6.45, 7) is 3.07. The highest BCUT2D eigenvalue weighted by Gasteiger charge is 2.29. The van der Waals surface area contributed by atoms with Gasteiger partial charge in [0.2, 0.25) is 0 Å². The first-order valence-corrected chi connectivity index (χ1v) is 6.27. The van der Waals surface area contributed by atoms with E-state index >= 15 is 0 Å². The Bertz CT molecular complexity index is 509. The summed E-state index contributed by atoms with van der Waals surface area (Å²) in [7, 11) is 3.39.